The van der Waals surface area contributed by atoms with Crippen LogP contribution in [0.5, 0.6) is 0 Å². The Kier molecular flexibility index (Phi) is 2.71. The van der Waals surface area contributed by atoms with Crippen LogP contribution in [-0.2, 0) is 6.54 Å². The highest BCUT2D eigenvalue weighted by molar-refractivity contribution is 5.99. The Hall–Kier alpha value is -3.02. The van der Waals surface area contributed by atoms with E-state index >= 15 is 0 Å². The van der Waals surface area contributed by atoms with Crippen molar-refractivity contribution >= 4 is 22.2 Å². The summed E-state index contributed by atoms with van der Waals surface area (Å²) >= 11 is 0. The van der Waals surface area contributed by atoms with Gasteiger partial charge in [-0.1, -0.05) is 24.3 Å². The predicted octanol–water partition coefficient (Wildman–Crippen LogP) is 2.28. The fourth-order valence-corrected chi connectivity index (χ4v) is 2.34. The minimum absolute atomic E-state index is 0.688. The van der Waals surface area contributed by atoms with Crippen LogP contribution in [0.2, 0.25) is 0 Å². The molecule has 0 unspecified atom stereocenters. The number of hydrogen-bond donors (Lipinski definition) is 1. The Bertz CT molecular complexity index is 900. The van der Waals surface area contributed by atoms with Crippen molar-refractivity contribution in [2.45, 2.75) is 6.54 Å². The van der Waals surface area contributed by atoms with E-state index in [-0.39, 0.29) is 0 Å². The molecule has 102 valence electrons. The molecule has 1 aromatic carbocycles. The lowest BCUT2D eigenvalue weighted by Crippen LogP contribution is -2.05. The molecule has 21 heavy (non-hydrogen) atoms. The Morgan fingerprint density at radius 2 is 1.81 bits per heavy atom. The molecule has 0 fully saturated rings. The van der Waals surface area contributed by atoms with Crippen LogP contribution in [0.15, 0.2) is 55.1 Å². The highest BCUT2D eigenvalue weighted by atomic mass is 15.4. The molecule has 0 amide bonds. The van der Waals surface area contributed by atoms with E-state index in [1.165, 1.54) is 0 Å². The summed E-state index contributed by atoms with van der Waals surface area (Å²) in [5.41, 5.74) is 1.92. The standard InChI is InChI=1S/C15H12N6/c1-2-4-13-12(3-1)14(20-21-10-18-19-15(13)21)17-9-11-5-7-16-8-6-11/h1-8,10H,9H2,(H,17,20). The molecule has 0 aliphatic rings. The molecule has 0 saturated heterocycles. The number of fused-ring (bicyclic) bond motifs is 3. The molecule has 0 bridgehead atoms. The molecule has 0 radical (unpaired) electrons. The third-order valence-corrected chi connectivity index (χ3v) is 3.37. The van der Waals surface area contributed by atoms with E-state index in [0.29, 0.717) is 6.54 Å². The van der Waals surface area contributed by atoms with Crippen LogP contribution in [0.3, 0.4) is 0 Å². The van der Waals surface area contributed by atoms with Gasteiger partial charge in [-0.25, -0.2) is 0 Å². The van der Waals surface area contributed by atoms with Crippen molar-refractivity contribution in [3.63, 3.8) is 0 Å². The largest absolute Gasteiger partial charge is 0.364 e. The van der Waals surface area contributed by atoms with Gasteiger partial charge in [0.2, 0.25) is 0 Å². The van der Waals surface area contributed by atoms with Crippen LogP contribution in [0.4, 0.5) is 5.82 Å². The van der Waals surface area contributed by atoms with Crippen molar-refractivity contribution in [1.29, 1.82) is 0 Å². The average Bonchev–Trinajstić information content (AvgIpc) is 3.02. The van der Waals surface area contributed by atoms with Gasteiger partial charge in [0.15, 0.2) is 11.5 Å². The zero-order valence-electron chi connectivity index (χ0n) is 11.1. The maximum absolute atomic E-state index is 4.54. The van der Waals surface area contributed by atoms with Gasteiger partial charge in [-0.2, -0.15) is 4.52 Å². The molecule has 0 aliphatic carbocycles. The SMILES string of the molecule is c1ccc2c(c1)c(NCc1ccncc1)nn1cnnc21. The van der Waals surface area contributed by atoms with Gasteiger partial charge in [-0.05, 0) is 17.7 Å². The minimum Gasteiger partial charge on any atom is -0.364 e. The number of benzene rings is 1. The first kappa shape index (κ1) is 11.8. The Balaban J connectivity index is 1.79. The molecule has 6 nitrogen and oxygen atoms in total. The molecule has 3 aromatic heterocycles. The summed E-state index contributed by atoms with van der Waals surface area (Å²) in [5, 5.41) is 18.0. The van der Waals surface area contributed by atoms with Crippen LogP contribution in [-0.4, -0.2) is 24.8 Å². The molecule has 0 aliphatic heterocycles. The molecule has 3 heterocycles. The van der Waals surface area contributed by atoms with Gasteiger partial charge in [0, 0.05) is 29.7 Å². The number of pyridine rings is 1. The van der Waals surface area contributed by atoms with Crippen LogP contribution < -0.4 is 5.32 Å². The molecular formula is C15H12N6. The van der Waals surface area contributed by atoms with Gasteiger partial charge in [0.1, 0.15) is 6.33 Å². The lowest BCUT2D eigenvalue weighted by Gasteiger charge is -2.09. The molecule has 1 N–H and O–H groups in total. The summed E-state index contributed by atoms with van der Waals surface area (Å²) in [6.07, 6.45) is 5.18. The van der Waals surface area contributed by atoms with Gasteiger partial charge in [0.25, 0.3) is 0 Å². The average molecular weight is 276 g/mol. The lowest BCUT2D eigenvalue weighted by atomic mass is 10.2. The summed E-state index contributed by atoms with van der Waals surface area (Å²) < 4.78 is 1.69. The first-order chi connectivity index (χ1) is 10.4. The fourth-order valence-electron chi connectivity index (χ4n) is 2.34. The van der Waals surface area contributed by atoms with Crippen LogP contribution in [0.1, 0.15) is 5.56 Å². The zero-order chi connectivity index (χ0) is 14.1. The van der Waals surface area contributed by atoms with Gasteiger partial charge >= 0.3 is 0 Å². The summed E-state index contributed by atoms with van der Waals surface area (Å²) in [6.45, 7) is 0.688. The second-order valence-electron chi connectivity index (χ2n) is 4.70. The first-order valence-electron chi connectivity index (χ1n) is 6.63. The van der Waals surface area contributed by atoms with Crippen molar-refractivity contribution in [2.75, 3.05) is 5.32 Å². The van der Waals surface area contributed by atoms with Crippen molar-refractivity contribution < 1.29 is 0 Å². The monoisotopic (exact) mass is 276 g/mol. The van der Waals surface area contributed by atoms with E-state index in [1.807, 2.05) is 36.4 Å². The van der Waals surface area contributed by atoms with E-state index < -0.39 is 0 Å². The van der Waals surface area contributed by atoms with E-state index in [0.717, 1.165) is 27.8 Å². The number of nitrogens with one attached hydrogen (secondary N) is 1. The molecular weight excluding hydrogens is 264 g/mol. The van der Waals surface area contributed by atoms with E-state index in [2.05, 4.69) is 25.6 Å². The van der Waals surface area contributed by atoms with Crippen LogP contribution >= 0.6 is 0 Å². The van der Waals surface area contributed by atoms with Crippen molar-refractivity contribution in [3.8, 4) is 0 Å². The van der Waals surface area contributed by atoms with Gasteiger partial charge in [0.05, 0.1) is 0 Å². The fraction of sp³-hybridized carbons (Fsp3) is 0.0667. The maximum atomic E-state index is 4.54. The quantitative estimate of drug-likeness (QED) is 0.621. The zero-order valence-corrected chi connectivity index (χ0v) is 11.1. The third-order valence-electron chi connectivity index (χ3n) is 3.37. The molecule has 0 spiro atoms. The molecule has 4 rings (SSSR count). The molecule has 0 atom stereocenters. The minimum atomic E-state index is 0.688. The van der Waals surface area contributed by atoms with E-state index in [1.54, 1.807) is 23.2 Å². The second-order valence-corrected chi connectivity index (χ2v) is 4.70. The summed E-state index contributed by atoms with van der Waals surface area (Å²) in [7, 11) is 0. The first-order valence-corrected chi connectivity index (χ1v) is 6.63. The number of rotatable bonds is 3. The Labute approximate surface area is 120 Å². The van der Waals surface area contributed by atoms with E-state index in [4.69, 9.17) is 0 Å². The summed E-state index contributed by atoms with van der Waals surface area (Å²) in [5.74, 6) is 0.815. The van der Waals surface area contributed by atoms with Gasteiger partial charge in [-0.15, -0.1) is 15.3 Å². The van der Waals surface area contributed by atoms with Crippen LogP contribution in [0.25, 0.3) is 16.4 Å². The van der Waals surface area contributed by atoms with Gasteiger partial charge in [-0.3, -0.25) is 4.98 Å². The number of anilines is 1. The Morgan fingerprint density at radius 3 is 2.67 bits per heavy atom. The number of aromatic nitrogens is 5. The van der Waals surface area contributed by atoms with E-state index in [9.17, 15) is 0 Å². The van der Waals surface area contributed by atoms with Gasteiger partial charge < -0.3 is 5.32 Å². The maximum Gasteiger partial charge on any atom is 0.185 e. The summed E-state index contributed by atoms with van der Waals surface area (Å²) in [6, 6.07) is 12.0. The molecule has 0 saturated carbocycles. The second kappa shape index (κ2) is 4.82. The smallest absolute Gasteiger partial charge is 0.185 e. The predicted molar refractivity (Wildman–Crippen MR) is 79.9 cm³/mol. The van der Waals surface area contributed by atoms with Crippen molar-refractivity contribution in [1.82, 2.24) is 24.8 Å². The van der Waals surface area contributed by atoms with Crippen molar-refractivity contribution in [3.05, 3.63) is 60.7 Å². The highest BCUT2D eigenvalue weighted by Crippen LogP contribution is 2.24. The number of nitrogens with zero attached hydrogens (tertiary/aromatic N) is 5. The third kappa shape index (κ3) is 2.06. The Morgan fingerprint density at radius 1 is 1.00 bits per heavy atom. The molecule has 4 aromatic rings. The number of hydrogen-bond acceptors (Lipinski definition) is 5. The van der Waals surface area contributed by atoms with Crippen molar-refractivity contribution in [2.24, 2.45) is 0 Å². The lowest BCUT2D eigenvalue weighted by molar-refractivity contribution is 0.926. The normalized spacial score (nSPS) is 11.0. The highest BCUT2D eigenvalue weighted by Gasteiger charge is 2.09. The summed E-state index contributed by atoms with van der Waals surface area (Å²) in [4.78, 5) is 4.02. The molecule has 6 heteroatoms. The van der Waals surface area contributed by atoms with Crippen LogP contribution in [0, 0.1) is 0 Å². The topological polar surface area (TPSA) is 68.0 Å².